The van der Waals surface area contributed by atoms with Crippen molar-refractivity contribution < 1.29 is 14.3 Å². The first-order valence-electron chi connectivity index (χ1n) is 8.27. The minimum Gasteiger partial charge on any atom is -0.462 e. The quantitative estimate of drug-likeness (QED) is 0.589. The van der Waals surface area contributed by atoms with Gasteiger partial charge in [0, 0.05) is 15.8 Å². The molecule has 2 aromatic rings. The van der Waals surface area contributed by atoms with Crippen molar-refractivity contribution in [1.82, 2.24) is 0 Å². The van der Waals surface area contributed by atoms with E-state index in [9.17, 15) is 9.59 Å². The molecule has 5 heteroatoms. The Bertz CT molecular complexity index is 771. The fourth-order valence-corrected chi connectivity index (χ4v) is 3.30. The second-order valence-electron chi connectivity index (χ2n) is 5.87. The highest BCUT2D eigenvalue weighted by Crippen LogP contribution is 2.27. The number of ether oxygens (including phenoxy) is 1. The zero-order valence-corrected chi connectivity index (χ0v) is 15.8. The third-order valence-electron chi connectivity index (χ3n) is 3.48. The lowest BCUT2D eigenvalue weighted by atomic mass is 10.1. The summed E-state index contributed by atoms with van der Waals surface area (Å²) < 4.78 is 5.00. The van der Waals surface area contributed by atoms with Gasteiger partial charge in [0.15, 0.2) is 0 Å². The number of hydrogen-bond donors (Lipinski definition) is 1. The van der Waals surface area contributed by atoms with Crippen molar-refractivity contribution in [2.75, 3.05) is 11.9 Å². The largest absolute Gasteiger partial charge is 0.462 e. The first-order chi connectivity index (χ1) is 11.9. The Balaban J connectivity index is 2.20. The Morgan fingerprint density at radius 1 is 1.16 bits per heavy atom. The molecular weight excluding hydrogens is 334 g/mol. The highest BCUT2D eigenvalue weighted by molar-refractivity contribution is 8.00. The molecule has 0 heterocycles. The van der Waals surface area contributed by atoms with Gasteiger partial charge in [0.25, 0.3) is 5.91 Å². The topological polar surface area (TPSA) is 55.4 Å². The van der Waals surface area contributed by atoms with E-state index in [0.717, 1.165) is 10.5 Å². The van der Waals surface area contributed by atoms with Gasteiger partial charge in [-0.25, -0.2) is 4.79 Å². The van der Waals surface area contributed by atoms with E-state index < -0.39 is 0 Å². The molecule has 25 heavy (non-hydrogen) atoms. The van der Waals surface area contributed by atoms with Crippen LogP contribution in [0.3, 0.4) is 0 Å². The zero-order valence-electron chi connectivity index (χ0n) is 15.0. The molecule has 0 unspecified atom stereocenters. The summed E-state index contributed by atoms with van der Waals surface area (Å²) in [5, 5.41) is 3.32. The second-order valence-corrected chi connectivity index (χ2v) is 7.49. The van der Waals surface area contributed by atoms with Gasteiger partial charge >= 0.3 is 5.97 Å². The van der Waals surface area contributed by atoms with Gasteiger partial charge in [-0.3, -0.25) is 4.79 Å². The van der Waals surface area contributed by atoms with E-state index in [4.69, 9.17) is 4.74 Å². The van der Waals surface area contributed by atoms with Crippen LogP contribution in [0.5, 0.6) is 0 Å². The molecule has 2 aromatic carbocycles. The molecule has 0 aliphatic rings. The van der Waals surface area contributed by atoms with E-state index in [1.807, 2.05) is 31.2 Å². The van der Waals surface area contributed by atoms with Crippen LogP contribution in [0.1, 0.15) is 47.1 Å². The average molecular weight is 357 g/mol. The standard InChI is InChI=1S/C20H23NO3S/c1-5-24-20(23)15-10-11-17(14(4)12-15)21-19(22)16-8-6-7-9-18(16)25-13(2)3/h6-13H,5H2,1-4H3,(H,21,22). The summed E-state index contributed by atoms with van der Waals surface area (Å²) in [6.07, 6.45) is 0. The number of nitrogens with one attached hydrogen (secondary N) is 1. The first kappa shape index (κ1) is 19.1. The fourth-order valence-electron chi connectivity index (χ4n) is 2.35. The lowest BCUT2D eigenvalue weighted by Crippen LogP contribution is -2.14. The number of carbonyl (C=O) groups excluding carboxylic acids is 2. The monoisotopic (exact) mass is 357 g/mol. The van der Waals surface area contributed by atoms with Crippen LogP contribution in [0.25, 0.3) is 0 Å². The van der Waals surface area contributed by atoms with E-state index in [1.165, 1.54) is 0 Å². The zero-order chi connectivity index (χ0) is 18.4. The fraction of sp³-hybridized carbons (Fsp3) is 0.300. The molecule has 0 bridgehead atoms. The number of anilines is 1. The number of thioether (sulfide) groups is 1. The molecule has 1 N–H and O–H groups in total. The van der Waals surface area contributed by atoms with Crippen LogP contribution in [0.4, 0.5) is 5.69 Å². The van der Waals surface area contributed by atoms with Crippen LogP contribution in [0, 0.1) is 6.92 Å². The molecule has 0 aliphatic heterocycles. The van der Waals surface area contributed by atoms with Crippen LogP contribution in [0.15, 0.2) is 47.4 Å². The third-order valence-corrected chi connectivity index (χ3v) is 4.56. The highest BCUT2D eigenvalue weighted by Gasteiger charge is 2.15. The maximum absolute atomic E-state index is 12.7. The van der Waals surface area contributed by atoms with Crippen molar-refractivity contribution in [3.05, 3.63) is 59.2 Å². The molecule has 0 spiro atoms. The lowest BCUT2D eigenvalue weighted by molar-refractivity contribution is 0.0526. The molecule has 0 fully saturated rings. The van der Waals surface area contributed by atoms with E-state index in [-0.39, 0.29) is 11.9 Å². The summed E-state index contributed by atoms with van der Waals surface area (Å²) in [4.78, 5) is 25.4. The van der Waals surface area contributed by atoms with Crippen molar-refractivity contribution >= 4 is 29.3 Å². The first-order valence-corrected chi connectivity index (χ1v) is 9.15. The molecule has 0 saturated carbocycles. The van der Waals surface area contributed by atoms with Crippen LogP contribution in [-0.4, -0.2) is 23.7 Å². The lowest BCUT2D eigenvalue weighted by Gasteiger charge is -2.13. The number of carbonyl (C=O) groups is 2. The molecule has 4 nitrogen and oxygen atoms in total. The average Bonchev–Trinajstić information content (AvgIpc) is 2.56. The molecule has 0 radical (unpaired) electrons. The van der Waals surface area contributed by atoms with Crippen molar-refractivity contribution in [1.29, 1.82) is 0 Å². The predicted octanol–water partition coefficient (Wildman–Crippen LogP) is 4.92. The summed E-state index contributed by atoms with van der Waals surface area (Å²) in [5.74, 6) is -0.516. The van der Waals surface area contributed by atoms with Crippen LogP contribution < -0.4 is 5.32 Å². The van der Waals surface area contributed by atoms with Gasteiger partial charge in [-0.05, 0) is 49.7 Å². The Labute approximate surface area is 153 Å². The third kappa shape index (κ3) is 5.10. The van der Waals surface area contributed by atoms with Gasteiger partial charge in [0.1, 0.15) is 0 Å². The molecular formula is C20H23NO3S. The van der Waals surface area contributed by atoms with Gasteiger partial charge in [0.05, 0.1) is 17.7 Å². The van der Waals surface area contributed by atoms with E-state index >= 15 is 0 Å². The van der Waals surface area contributed by atoms with Gasteiger partial charge < -0.3 is 10.1 Å². The Kier molecular flexibility index (Phi) is 6.65. The molecule has 0 aliphatic carbocycles. The minimum atomic E-state index is -0.359. The van der Waals surface area contributed by atoms with Gasteiger partial charge in [-0.15, -0.1) is 11.8 Å². The number of benzene rings is 2. The Hall–Kier alpha value is -2.27. The van der Waals surface area contributed by atoms with E-state index in [0.29, 0.717) is 28.7 Å². The van der Waals surface area contributed by atoms with E-state index in [1.54, 1.807) is 36.9 Å². The minimum absolute atomic E-state index is 0.157. The number of amides is 1. The molecule has 2 rings (SSSR count). The maximum atomic E-state index is 12.7. The van der Waals surface area contributed by atoms with Crippen molar-refractivity contribution in [2.24, 2.45) is 0 Å². The van der Waals surface area contributed by atoms with Crippen LogP contribution in [0.2, 0.25) is 0 Å². The summed E-state index contributed by atoms with van der Waals surface area (Å²) in [5.41, 5.74) is 2.62. The van der Waals surface area contributed by atoms with Gasteiger partial charge in [0.2, 0.25) is 0 Å². The molecule has 1 amide bonds. The van der Waals surface area contributed by atoms with Crippen LogP contribution >= 0.6 is 11.8 Å². The summed E-state index contributed by atoms with van der Waals surface area (Å²) in [6, 6.07) is 12.7. The maximum Gasteiger partial charge on any atom is 0.338 e. The number of aryl methyl sites for hydroxylation is 1. The molecule has 132 valence electrons. The van der Waals surface area contributed by atoms with Gasteiger partial charge in [-0.1, -0.05) is 26.0 Å². The number of hydrogen-bond acceptors (Lipinski definition) is 4. The normalized spacial score (nSPS) is 10.6. The molecule has 0 aromatic heterocycles. The Morgan fingerprint density at radius 2 is 1.88 bits per heavy atom. The van der Waals surface area contributed by atoms with Crippen LogP contribution in [-0.2, 0) is 4.74 Å². The second kappa shape index (κ2) is 8.72. The van der Waals surface area contributed by atoms with Crippen molar-refractivity contribution in [2.45, 2.75) is 37.8 Å². The summed E-state index contributed by atoms with van der Waals surface area (Å²) in [6.45, 7) is 8.15. The Morgan fingerprint density at radius 3 is 2.52 bits per heavy atom. The molecule has 0 saturated heterocycles. The summed E-state index contributed by atoms with van der Waals surface area (Å²) in [7, 11) is 0. The van der Waals surface area contributed by atoms with Crippen molar-refractivity contribution in [3.8, 4) is 0 Å². The van der Waals surface area contributed by atoms with E-state index in [2.05, 4.69) is 19.2 Å². The predicted molar refractivity (Wildman–Crippen MR) is 103 cm³/mol. The van der Waals surface area contributed by atoms with Crippen molar-refractivity contribution in [3.63, 3.8) is 0 Å². The summed E-state index contributed by atoms with van der Waals surface area (Å²) >= 11 is 1.66. The number of esters is 1. The SMILES string of the molecule is CCOC(=O)c1ccc(NC(=O)c2ccccc2SC(C)C)c(C)c1. The highest BCUT2D eigenvalue weighted by atomic mass is 32.2. The molecule has 0 atom stereocenters. The number of rotatable bonds is 6. The van der Waals surface area contributed by atoms with Gasteiger partial charge in [-0.2, -0.15) is 0 Å². The smallest absolute Gasteiger partial charge is 0.338 e.